The highest BCUT2D eigenvalue weighted by atomic mass is 19.4. The highest BCUT2D eigenvalue weighted by Crippen LogP contribution is 2.40. The minimum absolute atomic E-state index is 0.00625. The molecular weight excluding hydrogens is 443 g/mol. The van der Waals surface area contributed by atoms with E-state index in [0.29, 0.717) is 16.8 Å². The Bertz CT molecular complexity index is 1330. The summed E-state index contributed by atoms with van der Waals surface area (Å²) >= 11 is 0. The van der Waals surface area contributed by atoms with Crippen LogP contribution in [0, 0.1) is 0 Å². The van der Waals surface area contributed by atoms with E-state index in [9.17, 15) is 32.7 Å². The molecule has 4 rings (SSSR count). The Labute approximate surface area is 184 Å². The van der Waals surface area contributed by atoms with Crippen LogP contribution in [0.5, 0.6) is 5.75 Å². The Morgan fingerprint density at radius 2 is 1.82 bits per heavy atom. The number of aromatic nitrogens is 1. The number of benzene rings is 2. The first-order valence-corrected chi connectivity index (χ1v) is 9.79. The summed E-state index contributed by atoms with van der Waals surface area (Å²) < 4.78 is 40.2. The van der Waals surface area contributed by atoms with Crippen LogP contribution < -0.4 is 15.8 Å². The van der Waals surface area contributed by atoms with Gasteiger partial charge in [0.05, 0.1) is 29.4 Å². The molecule has 0 saturated carbocycles. The minimum atomic E-state index is -4.48. The Balaban J connectivity index is 1.84. The molecule has 0 bridgehead atoms. The number of carboxylic acids is 1. The zero-order valence-corrected chi connectivity index (χ0v) is 17.2. The van der Waals surface area contributed by atoms with Crippen LogP contribution in [0.2, 0.25) is 0 Å². The maximum Gasteiger partial charge on any atom is 0.416 e. The fraction of sp³-hybridized carbons (Fsp3) is 0.227. The van der Waals surface area contributed by atoms with Gasteiger partial charge < -0.3 is 25.0 Å². The largest absolute Gasteiger partial charge is 0.506 e. The summed E-state index contributed by atoms with van der Waals surface area (Å²) in [7, 11) is 1.72. The number of amides is 1. The van der Waals surface area contributed by atoms with Gasteiger partial charge in [-0.2, -0.15) is 13.2 Å². The monoisotopic (exact) mass is 461 g/mol. The second kappa shape index (κ2) is 7.84. The van der Waals surface area contributed by atoms with Crippen molar-refractivity contribution in [3.8, 4) is 5.75 Å². The molecular formula is C22H18F3N3O5. The standard InChI is InChI=1S/C22H18F3N3O5/c1-27-14-4-2-3-13-18(14)28(21(33)17(19(13)31)20(32)26-9-16(29)30)10-15(27)11-5-7-12(8-6-11)22(23,24)25/h2-8,15,31H,9-10H2,1H3,(H,26,32)(H,29,30). The topological polar surface area (TPSA) is 112 Å². The van der Waals surface area contributed by atoms with E-state index in [0.717, 1.165) is 12.1 Å². The van der Waals surface area contributed by atoms with E-state index in [1.165, 1.54) is 22.8 Å². The molecule has 172 valence electrons. The number of rotatable bonds is 4. The molecule has 1 aliphatic heterocycles. The normalized spacial score (nSPS) is 15.5. The maximum atomic E-state index is 13.2. The first kappa shape index (κ1) is 22.2. The number of hydrogen-bond donors (Lipinski definition) is 3. The summed E-state index contributed by atoms with van der Waals surface area (Å²) in [4.78, 5) is 38.3. The Morgan fingerprint density at radius 3 is 2.42 bits per heavy atom. The molecule has 2 aromatic carbocycles. The molecule has 0 fully saturated rings. The van der Waals surface area contributed by atoms with Crippen molar-refractivity contribution in [1.29, 1.82) is 0 Å². The van der Waals surface area contributed by atoms with Crippen LogP contribution in [-0.4, -0.2) is 40.2 Å². The fourth-order valence-corrected chi connectivity index (χ4v) is 4.07. The Morgan fingerprint density at radius 1 is 1.15 bits per heavy atom. The number of nitrogens with one attached hydrogen (secondary N) is 1. The fourth-order valence-electron chi connectivity index (χ4n) is 4.07. The molecule has 0 saturated heterocycles. The van der Waals surface area contributed by atoms with E-state index in [2.05, 4.69) is 5.32 Å². The number of aromatic hydroxyl groups is 1. The number of carboxylic acid groups (broad SMARTS) is 1. The smallest absolute Gasteiger partial charge is 0.416 e. The van der Waals surface area contributed by atoms with Gasteiger partial charge >= 0.3 is 12.1 Å². The number of hydrogen-bond acceptors (Lipinski definition) is 5. The molecule has 0 radical (unpaired) electrons. The molecule has 1 aliphatic rings. The van der Waals surface area contributed by atoms with Crippen LogP contribution in [-0.2, 0) is 17.5 Å². The van der Waals surface area contributed by atoms with E-state index < -0.39 is 53.1 Å². The molecule has 1 unspecified atom stereocenters. The van der Waals surface area contributed by atoms with Crippen LogP contribution in [0.15, 0.2) is 47.3 Å². The van der Waals surface area contributed by atoms with Gasteiger partial charge in [-0.1, -0.05) is 18.2 Å². The van der Waals surface area contributed by atoms with Gasteiger partial charge in [0.15, 0.2) is 0 Å². The van der Waals surface area contributed by atoms with Gasteiger partial charge in [0.2, 0.25) is 0 Å². The predicted octanol–water partition coefficient (Wildman–Crippen LogP) is 2.73. The summed E-state index contributed by atoms with van der Waals surface area (Å²) in [6, 6.07) is 8.87. The average Bonchev–Trinajstić information content (AvgIpc) is 2.76. The molecule has 3 aromatic rings. The number of nitrogens with zero attached hydrogens (tertiary/aromatic N) is 2. The molecule has 8 nitrogen and oxygen atoms in total. The third kappa shape index (κ3) is 3.75. The molecule has 3 N–H and O–H groups in total. The van der Waals surface area contributed by atoms with Crippen LogP contribution >= 0.6 is 0 Å². The Kier molecular flexibility index (Phi) is 5.27. The summed E-state index contributed by atoms with van der Waals surface area (Å²) in [5.74, 6) is -2.94. The third-order valence-corrected chi connectivity index (χ3v) is 5.69. The molecule has 1 atom stereocenters. The van der Waals surface area contributed by atoms with Crippen molar-refractivity contribution in [1.82, 2.24) is 9.88 Å². The first-order chi connectivity index (χ1) is 15.5. The van der Waals surface area contributed by atoms with Crippen molar-refractivity contribution >= 4 is 28.5 Å². The number of para-hydroxylation sites is 1. The summed E-state index contributed by atoms with van der Waals surface area (Å²) in [5.41, 5.74) is -0.817. The number of aliphatic carboxylic acids is 1. The van der Waals surface area contributed by atoms with Gasteiger partial charge in [-0.3, -0.25) is 14.4 Å². The number of halogens is 3. The number of likely N-dealkylation sites (N-methyl/N-ethyl adjacent to an activating group) is 1. The molecule has 33 heavy (non-hydrogen) atoms. The second-order valence-corrected chi connectivity index (χ2v) is 7.64. The first-order valence-electron chi connectivity index (χ1n) is 9.79. The third-order valence-electron chi connectivity index (χ3n) is 5.69. The van der Waals surface area contributed by atoms with E-state index in [1.807, 2.05) is 0 Å². The van der Waals surface area contributed by atoms with Crippen LogP contribution in [0.25, 0.3) is 10.9 Å². The van der Waals surface area contributed by atoms with Crippen molar-refractivity contribution in [2.75, 3.05) is 18.5 Å². The molecule has 11 heteroatoms. The number of alkyl halides is 3. The maximum absolute atomic E-state index is 13.2. The summed E-state index contributed by atoms with van der Waals surface area (Å²) in [6.07, 6.45) is -4.48. The van der Waals surface area contributed by atoms with Crippen molar-refractivity contribution < 1.29 is 33.0 Å². The van der Waals surface area contributed by atoms with Gasteiger partial charge in [-0.05, 0) is 29.8 Å². The highest BCUT2D eigenvalue weighted by Gasteiger charge is 2.33. The molecule has 2 heterocycles. The lowest BCUT2D eigenvalue weighted by Gasteiger charge is -2.37. The van der Waals surface area contributed by atoms with Crippen LogP contribution in [0.1, 0.15) is 27.5 Å². The number of pyridine rings is 1. The van der Waals surface area contributed by atoms with Crippen molar-refractivity contribution in [2.24, 2.45) is 0 Å². The second-order valence-electron chi connectivity index (χ2n) is 7.64. The number of carbonyl (C=O) groups is 2. The van der Waals surface area contributed by atoms with Gasteiger partial charge in [-0.25, -0.2) is 0 Å². The van der Waals surface area contributed by atoms with E-state index >= 15 is 0 Å². The lowest BCUT2D eigenvalue weighted by molar-refractivity contribution is -0.138. The Hall–Kier alpha value is -4.02. The highest BCUT2D eigenvalue weighted by molar-refractivity contribution is 6.05. The molecule has 0 spiro atoms. The minimum Gasteiger partial charge on any atom is -0.506 e. The predicted molar refractivity (Wildman–Crippen MR) is 112 cm³/mol. The van der Waals surface area contributed by atoms with Crippen LogP contribution in [0.3, 0.4) is 0 Å². The van der Waals surface area contributed by atoms with Gasteiger partial charge in [0.25, 0.3) is 11.5 Å². The van der Waals surface area contributed by atoms with Crippen LogP contribution in [0.4, 0.5) is 18.9 Å². The van der Waals surface area contributed by atoms with Crippen molar-refractivity contribution in [2.45, 2.75) is 18.8 Å². The molecule has 0 aliphatic carbocycles. The van der Waals surface area contributed by atoms with Gasteiger partial charge in [-0.15, -0.1) is 0 Å². The number of anilines is 1. The van der Waals surface area contributed by atoms with Gasteiger partial charge in [0, 0.05) is 12.4 Å². The quantitative estimate of drug-likeness (QED) is 0.551. The number of carbonyl (C=O) groups excluding carboxylic acids is 1. The lowest BCUT2D eigenvalue weighted by Crippen LogP contribution is -2.40. The SMILES string of the molecule is CN1c2cccc3c(O)c(C(=O)NCC(=O)O)c(=O)n(c23)CC1c1ccc(C(F)(F)F)cc1. The van der Waals surface area contributed by atoms with Crippen molar-refractivity contribution in [3.05, 3.63) is 69.5 Å². The van der Waals surface area contributed by atoms with Crippen molar-refractivity contribution in [3.63, 3.8) is 0 Å². The molecule has 1 amide bonds. The van der Waals surface area contributed by atoms with Gasteiger partial charge in [0.1, 0.15) is 17.9 Å². The zero-order valence-electron chi connectivity index (χ0n) is 17.2. The average molecular weight is 461 g/mol. The lowest BCUT2D eigenvalue weighted by atomic mass is 9.98. The summed E-state index contributed by atoms with van der Waals surface area (Å²) in [5, 5.41) is 21.7. The zero-order chi connectivity index (χ0) is 24.1. The van der Waals surface area contributed by atoms with E-state index in [-0.39, 0.29) is 11.9 Å². The van der Waals surface area contributed by atoms with E-state index in [4.69, 9.17) is 5.11 Å². The van der Waals surface area contributed by atoms with E-state index in [1.54, 1.807) is 24.1 Å². The summed E-state index contributed by atoms with van der Waals surface area (Å²) in [6.45, 7) is -0.750. The molecule has 1 aromatic heterocycles.